The summed E-state index contributed by atoms with van der Waals surface area (Å²) in [6, 6.07) is -0.878. The summed E-state index contributed by atoms with van der Waals surface area (Å²) < 4.78 is 0. The lowest BCUT2D eigenvalue weighted by atomic mass is 10.1. The average Bonchev–Trinajstić information content (AvgIpc) is 1.99. The Morgan fingerprint density at radius 3 is 2.55 bits per heavy atom. The number of aliphatic hydroxyl groups is 1. The number of aliphatic carboxylic acids is 1. The first-order valence-corrected chi connectivity index (χ1v) is 3.40. The van der Waals surface area contributed by atoms with Crippen LogP contribution in [0.15, 0.2) is 11.8 Å². The molecule has 1 unspecified atom stereocenters. The smallest absolute Gasteiger partial charge is 0.320 e. The molecule has 0 aromatic carbocycles. The van der Waals surface area contributed by atoms with Crippen LogP contribution in [0.25, 0.3) is 0 Å². The number of carboxylic acids is 1. The van der Waals surface area contributed by atoms with Crippen LogP contribution in [-0.2, 0) is 4.79 Å². The van der Waals surface area contributed by atoms with Gasteiger partial charge in [0.15, 0.2) is 0 Å². The third-order valence-corrected chi connectivity index (χ3v) is 1.36. The van der Waals surface area contributed by atoms with Gasteiger partial charge in [-0.05, 0) is 19.4 Å². The molecule has 4 N–H and O–H groups in total. The van der Waals surface area contributed by atoms with E-state index in [0.29, 0.717) is 6.42 Å². The second kappa shape index (κ2) is 4.73. The fourth-order valence-corrected chi connectivity index (χ4v) is 0.571. The average molecular weight is 159 g/mol. The third kappa shape index (κ3) is 4.38. The molecule has 4 nitrogen and oxygen atoms in total. The number of rotatable bonds is 4. The van der Waals surface area contributed by atoms with Gasteiger partial charge in [-0.15, -0.1) is 0 Å². The number of hydrogen-bond donors (Lipinski definition) is 3. The fourth-order valence-electron chi connectivity index (χ4n) is 0.571. The summed E-state index contributed by atoms with van der Waals surface area (Å²) in [5, 5.41) is 17.2. The zero-order chi connectivity index (χ0) is 8.85. The molecule has 0 rings (SSSR count). The number of carbonyl (C=O) groups is 1. The molecule has 0 radical (unpaired) electrons. The standard InChI is InChI=1S/C7H13NO3/c1-2-5(9)3-4-6(8)7(10)11/h2,6,9H,3-4,8H2,1H3,(H,10,11)/b5-2-. The Bertz CT molecular complexity index is 165. The van der Waals surface area contributed by atoms with Crippen molar-refractivity contribution >= 4 is 5.97 Å². The quantitative estimate of drug-likeness (QED) is 0.525. The predicted octanol–water partition coefficient (Wildman–Crippen LogP) is 0.640. The number of carboxylic acid groups (broad SMARTS) is 1. The van der Waals surface area contributed by atoms with Crippen LogP contribution in [0, 0.1) is 0 Å². The van der Waals surface area contributed by atoms with Gasteiger partial charge in [-0.2, -0.15) is 0 Å². The van der Waals surface area contributed by atoms with E-state index in [9.17, 15) is 4.79 Å². The summed E-state index contributed by atoms with van der Waals surface area (Å²) in [6.45, 7) is 1.68. The summed E-state index contributed by atoms with van der Waals surface area (Å²) in [7, 11) is 0. The van der Waals surface area contributed by atoms with E-state index in [1.165, 1.54) is 6.08 Å². The van der Waals surface area contributed by atoms with Crippen molar-refractivity contribution in [3.05, 3.63) is 11.8 Å². The van der Waals surface area contributed by atoms with Crippen LogP contribution < -0.4 is 5.73 Å². The molecule has 0 spiro atoms. The monoisotopic (exact) mass is 159 g/mol. The fraction of sp³-hybridized carbons (Fsp3) is 0.571. The first kappa shape index (κ1) is 9.97. The molecule has 0 fully saturated rings. The van der Waals surface area contributed by atoms with Crippen molar-refractivity contribution in [2.75, 3.05) is 0 Å². The van der Waals surface area contributed by atoms with Crippen molar-refractivity contribution in [3.63, 3.8) is 0 Å². The lowest BCUT2D eigenvalue weighted by Crippen LogP contribution is -2.29. The summed E-state index contributed by atoms with van der Waals surface area (Å²) in [5.41, 5.74) is 5.18. The molecular formula is C7H13NO3. The maximum absolute atomic E-state index is 10.2. The first-order valence-electron chi connectivity index (χ1n) is 3.40. The molecule has 0 amide bonds. The second-order valence-corrected chi connectivity index (χ2v) is 2.26. The molecule has 0 bridgehead atoms. The van der Waals surface area contributed by atoms with Crippen LogP contribution in [0.1, 0.15) is 19.8 Å². The first-order chi connectivity index (χ1) is 5.07. The van der Waals surface area contributed by atoms with E-state index in [1.807, 2.05) is 0 Å². The van der Waals surface area contributed by atoms with Crippen LogP contribution in [0.3, 0.4) is 0 Å². The molecule has 0 aliphatic rings. The maximum atomic E-state index is 10.2. The second-order valence-electron chi connectivity index (χ2n) is 2.26. The zero-order valence-corrected chi connectivity index (χ0v) is 6.45. The van der Waals surface area contributed by atoms with Gasteiger partial charge in [-0.3, -0.25) is 4.79 Å². The summed E-state index contributed by atoms with van der Waals surface area (Å²) in [6.07, 6.45) is 2.12. The number of hydrogen-bond acceptors (Lipinski definition) is 3. The highest BCUT2D eigenvalue weighted by molar-refractivity contribution is 5.72. The molecule has 0 aromatic heterocycles. The highest BCUT2D eigenvalue weighted by Gasteiger charge is 2.10. The number of nitrogens with two attached hydrogens (primary N) is 1. The topological polar surface area (TPSA) is 83.5 Å². The lowest BCUT2D eigenvalue weighted by Gasteiger charge is -2.04. The van der Waals surface area contributed by atoms with Gasteiger partial charge in [0.2, 0.25) is 0 Å². The molecule has 4 heteroatoms. The van der Waals surface area contributed by atoms with Crippen LogP contribution in [-0.4, -0.2) is 22.2 Å². The van der Waals surface area contributed by atoms with E-state index in [2.05, 4.69) is 0 Å². The van der Waals surface area contributed by atoms with E-state index in [1.54, 1.807) is 6.92 Å². The van der Waals surface area contributed by atoms with Crippen molar-refractivity contribution in [2.45, 2.75) is 25.8 Å². The van der Waals surface area contributed by atoms with Crippen molar-refractivity contribution in [2.24, 2.45) is 5.73 Å². The van der Waals surface area contributed by atoms with Crippen molar-refractivity contribution in [3.8, 4) is 0 Å². The predicted molar refractivity (Wildman–Crippen MR) is 41.2 cm³/mol. The van der Waals surface area contributed by atoms with Crippen LogP contribution >= 0.6 is 0 Å². The maximum Gasteiger partial charge on any atom is 0.320 e. The molecule has 0 heterocycles. The molecule has 0 saturated carbocycles. The molecule has 0 aliphatic carbocycles. The Labute approximate surface area is 65.3 Å². The minimum absolute atomic E-state index is 0.182. The van der Waals surface area contributed by atoms with Gasteiger partial charge >= 0.3 is 5.97 Å². The number of allylic oxidation sites excluding steroid dienone is 2. The van der Waals surface area contributed by atoms with Crippen molar-refractivity contribution in [1.82, 2.24) is 0 Å². The van der Waals surface area contributed by atoms with Gasteiger partial charge in [-0.25, -0.2) is 0 Å². The molecule has 11 heavy (non-hydrogen) atoms. The van der Waals surface area contributed by atoms with E-state index in [4.69, 9.17) is 15.9 Å². The molecule has 0 aromatic rings. The van der Waals surface area contributed by atoms with Crippen LogP contribution in [0.5, 0.6) is 0 Å². The Hall–Kier alpha value is -1.03. The Balaban J connectivity index is 3.62. The summed E-state index contributed by atoms with van der Waals surface area (Å²) in [4.78, 5) is 10.2. The number of aliphatic hydroxyl groups excluding tert-OH is 1. The van der Waals surface area contributed by atoms with Gasteiger partial charge in [0.1, 0.15) is 6.04 Å². The van der Waals surface area contributed by atoms with Gasteiger partial charge in [0, 0.05) is 6.42 Å². The molecular weight excluding hydrogens is 146 g/mol. The molecule has 1 atom stereocenters. The Kier molecular flexibility index (Phi) is 4.29. The van der Waals surface area contributed by atoms with Gasteiger partial charge < -0.3 is 15.9 Å². The molecule has 0 aliphatic heterocycles. The molecule has 0 saturated heterocycles. The third-order valence-electron chi connectivity index (χ3n) is 1.36. The largest absolute Gasteiger partial charge is 0.513 e. The van der Waals surface area contributed by atoms with E-state index in [0.717, 1.165) is 0 Å². The SMILES string of the molecule is C/C=C(\O)CCC(N)C(=O)O. The van der Waals surface area contributed by atoms with Crippen molar-refractivity contribution < 1.29 is 15.0 Å². The lowest BCUT2D eigenvalue weighted by molar-refractivity contribution is -0.138. The minimum atomic E-state index is -1.03. The van der Waals surface area contributed by atoms with Gasteiger partial charge in [0.25, 0.3) is 0 Å². The van der Waals surface area contributed by atoms with Crippen molar-refractivity contribution in [1.29, 1.82) is 0 Å². The van der Waals surface area contributed by atoms with E-state index in [-0.39, 0.29) is 12.2 Å². The van der Waals surface area contributed by atoms with E-state index < -0.39 is 12.0 Å². The molecule has 64 valence electrons. The van der Waals surface area contributed by atoms with Gasteiger partial charge in [0.05, 0.1) is 5.76 Å². The van der Waals surface area contributed by atoms with E-state index >= 15 is 0 Å². The summed E-state index contributed by atoms with van der Waals surface area (Å²) >= 11 is 0. The normalized spacial score (nSPS) is 14.5. The highest BCUT2D eigenvalue weighted by atomic mass is 16.4. The van der Waals surface area contributed by atoms with Crippen LogP contribution in [0.2, 0.25) is 0 Å². The minimum Gasteiger partial charge on any atom is -0.513 e. The van der Waals surface area contributed by atoms with Crippen LogP contribution in [0.4, 0.5) is 0 Å². The van der Waals surface area contributed by atoms with Gasteiger partial charge in [-0.1, -0.05) is 0 Å². The zero-order valence-electron chi connectivity index (χ0n) is 6.45. The Morgan fingerprint density at radius 2 is 2.18 bits per heavy atom. The Morgan fingerprint density at radius 1 is 1.64 bits per heavy atom. The summed E-state index contributed by atoms with van der Waals surface area (Å²) in [5.74, 6) is -0.851. The highest BCUT2D eigenvalue weighted by Crippen LogP contribution is 2.02.